The lowest BCUT2D eigenvalue weighted by Gasteiger charge is -2.10. The molecule has 0 aliphatic rings. The molecule has 142 valence electrons. The molecule has 0 atom stereocenters. The molecular formula is C18H18N2O7. The van der Waals surface area contributed by atoms with Crippen LogP contribution in [0.15, 0.2) is 42.5 Å². The Balaban J connectivity index is 2.03. The highest BCUT2D eigenvalue weighted by Gasteiger charge is 2.19. The average Bonchev–Trinajstić information content (AvgIpc) is 2.67. The van der Waals surface area contributed by atoms with Crippen LogP contribution < -0.4 is 14.8 Å². The number of hydrogen-bond donors (Lipinski definition) is 1. The van der Waals surface area contributed by atoms with Gasteiger partial charge in [-0.2, -0.15) is 0 Å². The van der Waals surface area contributed by atoms with E-state index < -0.39 is 23.4 Å². The van der Waals surface area contributed by atoms with Crippen molar-refractivity contribution in [3.05, 3.63) is 58.1 Å². The summed E-state index contributed by atoms with van der Waals surface area (Å²) in [5.74, 6) is -0.834. The number of nitrogens with zero attached hydrogens (tertiary/aromatic N) is 1. The van der Waals surface area contributed by atoms with Gasteiger partial charge in [0.25, 0.3) is 11.6 Å². The fourth-order valence-electron chi connectivity index (χ4n) is 2.21. The largest absolute Gasteiger partial charge is 0.496 e. The van der Waals surface area contributed by atoms with Gasteiger partial charge in [0.2, 0.25) is 0 Å². The van der Waals surface area contributed by atoms with Crippen molar-refractivity contribution in [2.45, 2.75) is 6.92 Å². The van der Waals surface area contributed by atoms with Crippen LogP contribution >= 0.6 is 0 Å². The number of anilines is 1. The summed E-state index contributed by atoms with van der Waals surface area (Å²) in [6, 6.07) is 10.5. The molecule has 0 bridgehead atoms. The number of para-hydroxylation sites is 1. The van der Waals surface area contributed by atoms with Crippen molar-refractivity contribution < 1.29 is 28.7 Å². The Hall–Kier alpha value is -3.62. The molecule has 0 saturated heterocycles. The van der Waals surface area contributed by atoms with Crippen molar-refractivity contribution in [3.8, 4) is 11.5 Å². The van der Waals surface area contributed by atoms with Gasteiger partial charge in [-0.15, -0.1) is 0 Å². The first-order valence-corrected chi connectivity index (χ1v) is 7.97. The zero-order valence-corrected chi connectivity index (χ0v) is 14.8. The zero-order valence-electron chi connectivity index (χ0n) is 14.8. The predicted octanol–water partition coefficient (Wildman–Crippen LogP) is 2.80. The van der Waals surface area contributed by atoms with Crippen LogP contribution in [0.1, 0.15) is 17.3 Å². The van der Waals surface area contributed by atoms with Crippen molar-refractivity contribution in [2.75, 3.05) is 25.6 Å². The number of benzene rings is 2. The Morgan fingerprint density at radius 1 is 1.19 bits per heavy atom. The number of hydrogen-bond acceptors (Lipinski definition) is 7. The fourth-order valence-corrected chi connectivity index (χ4v) is 2.21. The number of nitrogens with one attached hydrogen (secondary N) is 1. The van der Waals surface area contributed by atoms with E-state index in [1.165, 1.54) is 31.4 Å². The van der Waals surface area contributed by atoms with Crippen LogP contribution in [0.3, 0.4) is 0 Å². The van der Waals surface area contributed by atoms with E-state index in [0.717, 1.165) is 0 Å². The van der Waals surface area contributed by atoms with Crippen molar-refractivity contribution in [3.63, 3.8) is 0 Å². The van der Waals surface area contributed by atoms with E-state index >= 15 is 0 Å². The number of rotatable bonds is 8. The molecule has 0 aliphatic heterocycles. The molecule has 0 aromatic heterocycles. The van der Waals surface area contributed by atoms with E-state index in [0.29, 0.717) is 12.4 Å². The van der Waals surface area contributed by atoms with Crippen LogP contribution in [0.4, 0.5) is 11.4 Å². The number of ether oxygens (including phenoxy) is 3. The van der Waals surface area contributed by atoms with Crippen molar-refractivity contribution in [1.29, 1.82) is 0 Å². The molecular weight excluding hydrogens is 356 g/mol. The van der Waals surface area contributed by atoms with Crippen LogP contribution in [-0.2, 0) is 9.53 Å². The minimum Gasteiger partial charge on any atom is -0.496 e. The van der Waals surface area contributed by atoms with Crippen molar-refractivity contribution in [1.82, 2.24) is 0 Å². The maximum atomic E-state index is 12.1. The molecule has 2 aromatic rings. The van der Waals surface area contributed by atoms with E-state index in [1.807, 2.05) is 0 Å². The highest BCUT2D eigenvalue weighted by molar-refractivity contribution is 5.97. The topological polar surface area (TPSA) is 117 Å². The van der Waals surface area contributed by atoms with Gasteiger partial charge in [0.05, 0.1) is 24.7 Å². The normalized spacial score (nSPS) is 10.0. The third-order valence-corrected chi connectivity index (χ3v) is 3.42. The average molecular weight is 374 g/mol. The molecule has 0 unspecified atom stereocenters. The molecule has 0 fully saturated rings. The molecule has 0 saturated carbocycles. The van der Waals surface area contributed by atoms with E-state index in [1.54, 1.807) is 25.1 Å². The van der Waals surface area contributed by atoms with Gasteiger partial charge in [0.15, 0.2) is 6.61 Å². The first kappa shape index (κ1) is 19.7. The number of esters is 1. The van der Waals surface area contributed by atoms with Crippen LogP contribution in [-0.4, -0.2) is 37.1 Å². The molecule has 1 amide bonds. The van der Waals surface area contributed by atoms with Gasteiger partial charge in [-0.25, -0.2) is 4.79 Å². The summed E-state index contributed by atoms with van der Waals surface area (Å²) in [5.41, 5.74) is -0.185. The molecule has 0 heterocycles. The summed E-state index contributed by atoms with van der Waals surface area (Å²) in [6.07, 6.45) is 0. The number of carbonyl (C=O) groups is 2. The lowest BCUT2D eigenvalue weighted by Crippen LogP contribution is -2.21. The van der Waals surface area contributed by atoms with E-state index in [9.17, 15) is 19.7 Å². The number of methoxy groups -OCH3 is 1. The Labute approximate surface area is 155 Å². The molecule has 2 rings (SSSR count). The second kappa shape index (κ2) is 9.18. The maximum Gasteiger partial charge on any atom is 0.342 e. The Morgan fingerprint density at radius 3 is 2.59 bits per heavy atom. The van der Waals surface area contributed by atoms with Crippen LogP contribution in [0.25, 0.3) is 0 Å². The number of carbonyl (C=O) groups excluding carboxylic acids is 2. The van der Waals surface area contributed by atoms with Crippen molar-refractivity contribution >= 4 is 23.3 Å². The predicted molar refractivity (Wildman–Crippen MR) is 96.2 cm³/mol. The zero-order chi connectivity index (χ0) is 19.8. The molecule has 0 radical (unpaired) electrons. The third kappa shape index (κ3) is 5.18. The van der Waals surface area contributed by atoms with Crippen LogP contribution in [0, 0.1) is 10.1 Å². The van der Waals surface area contributed by atoms with Gasteiger partial charge in [-0.3, -0.25) is 14.9 Å². The SMILES string of the molecule is CCOc1ccccc1C(=O)OCC(=O)Nc1ccc(OC)cc1[N+](=O)[O-]. The van der Waals surface area contributed by atoms with Crippen molar-refractivity contribution in [2.24, 2.45) is 0 Å². The first-order chi connectivity index (χ1) is 13.0. The number of amides is 1. The second-order valence-electron chi connectivity index (χ2n) is 5.19. The quantitative estimate of drug-likeness (QED) is 0.429. The molecule has 2 aromatic carbocycles. The summed E-state index contributed by atoms with van der Waals surface area (Å²) < 4.78 is 15.2. The molecule has 1 N–H and O–H groups in total. The van der Waals surface area contributed by atoms with E-state index in [-0.39, 0.29) is 22.7 Å². The Morgan fingerprint density at radius 2 is 1.93 bits per heavy atom. The summed E-state index contributed by atoms with van der Waals surface area (Å²) in [5, 5.41) is 13.5. The lowest BCUT2D eigenvalue weighted by molar-refractivity contribution is -0.384. The summed E-state index contributed by atoms with van der Waals surface area (Å²) in [6.45, 7) is 1.53. The summed E-state index contributed by atoms with van der Waals surface area (Å²) in [7, 11) is 1.37. The smallest absolute Gasteiger partial charge is 0.342 e. The van der Waals surface area contributed by atoms with Gasteiger partial charge in [-0.1, -0.05) is 12.1 Å². The first-order valence-electron chi connectivity index (χ1n) is 7.97. The highest BCUT2D eigenvalue weighted by Crippen LogP contribution is 2.28. The molecule has 9 nitrogen and oxygen atoms in total. The number of nitro benzene ring substituents is 1. The Bertz CT molecular complexity index is 851. The molecule has 0 spiro atoms. The molecule has 0 aliphatic carbocycles. The standard InChI is InChI=1S/C18H18N2O7/c1-3-26-16-7-5-4-6-13(16)18(22)27-11-17(21)19-14-9-8-12(25-2)10-15(14)20(23)24/h4-10H,3,11H2,1-2H3,(H,19,21). The van der Waals surface area contributed by atoms with Gasteiger partial charge in [0, 0.05) is 0 Å². The Kier molecular flexibility index (Phi) is 6.70. The van der Waals surface area contributed by atoms with Gasteiger partial charge < -0.3 is 19.5 Å². The van der Waals surface area contributed by atoms with Crippen LogP contribution in [0.2, 0.25) is 0 Å². The summed E-state index contributed by atoms with van der Waals surface area (Å²) in [4.78, 5) is 34.6. The fraction of sp³-hybridized carbons (Fsp3) is 0.222. The highest BCUT2D eigenvalue weighted by atomic mass is 16.6. The minimum absolute atomic E-state index is 0.0310. The van der Waals surface area contributed by atoms with Crippen LogP contribution in [0.5, 0.6) is 11.5 Å². The maximum absolute atomic E-state index is 12.1. The minimum atomic E-state index is -0.738. The molecule has 27 heavy (non-hydrogen) atoms. The lowest BCUT2D eigenvalue weighted by atomic mass is 10.2. The van der Waals surface area contributed by atoms with Gasteiger partial charge in [0.1, 0.15) is 22.7 Å². The van der Waals surface area contributed by atoms with Gasteiger partial charge >= 0.3 is 5.97 Å². The van der Waals surface area contributed by atoms with E-state index in [4.69, 9.17) is 14.2 Å². The third-order valence-electron chi connectivity index (χ3n) is 3.42. The van der Waals surface area contributed by atoms with E-state index in [2.05, 4.69) is 5.32 Å². The van der Waals surface area contributed by atoms with Gasteiger partial charge in [-0.05, 0) is 31.2 Å². The molecule has 9 heteroatoms. The summed E-state index contributed by atoms with van der Waals surface area (Å²) >= 11 is 0. The number of nitro groups is 1. The monoisotopic (exact) mass is 374 g/mol. The second-order valence-corrected chi connectivity index (χ2v) is 5.19.